The van der Waals surface area contributed by atoms with Gasteiger partial charge in [-0.3, -0.25) is 4.98 Å². The molecule has 0 atom stereocenters. The number of allylic oxidation sites excluding steroid dienone is 3. The number of hydrogen-bond donors (Lipinski definition) is 1. The van der Waals surface area contributed by atoms with Crippen molar-refractivity contribution in [3.63, 3.8) is 0 Å². The predicted molar refractivity (Wildman–Crippen MR) is 93.1 cm³/mol. The molecule has 0 radical (unpaired) electrons. The maximum absolute atomic E-state index is 13.9. The average molecular weight is 327 g/mol. The molecule has 5 heteroatoms. The minimum absolute atomic E-state index is 0.143. The lowest BCUT2D eigenvalue weighted by Gasteiger charge is -2.30. The number of halogens is 1. The monoisotopic (exact) mass is 327 g/mol. The number of aromatic nitrogens is 1. The third kappa shape index (κ3) is 3.96. The van der Waals surface area contributed by atoms with Crippen LogP contribution in [0.25, 0.3) is 0 Å². The van der Waals surface area contributed by atoms with Gasteiger partial charge in [0, 0.05) is 31.0 Å². The van der Waals surface area contributed by atoms with Gasteiger partial charge in [0.05, 0.1) is 12.1 Å². The van der Waals surface area contributed by atoms with E-state index in [1.807, 2.05) is 12.1 Å². The van der Waals surface area contributed by atoms with E-state index in [2.05, 4.69) is 27.0 Å². The van der Waals surface area contributed by atoms with Gasteiger partial charge < -0.3 is 10.2 Å². The SMILES string of the molecule is FC1=CC(NC(=S)c2ccncc2)=C(N2CCCCC2)C#CC1. The van der Waals surface area contributed by atoms with Crippen LogP contribution >= 0.6 is 12.2 Å². The van der Waals surface area contributed by atoms with E-state index in [0.717, 1.165) is 37.2 Å². The lowest BCUT2D eigenvalue weighted by molar-refractivity contribution is 0.293. The van der Waals surface area contributed by atoms with Crippen molar-refractivity contribution in [1.29, 1.82) is 0 Å². The molecule has 1 aliphatic heterocycles. The van der Waals surface area contributed by atoms with Crippen LogP contribution < -0.4 is 5.32 Å². The molecule has 0 bridgehead atoms. The van der Waals surface area contributed by atoms with Gasteiger partial charge in [0.1, 0.15) is 16.5 Å². The molecule has 2 heterocycles. The predicted octanol–water partition coefficient (Wildman–Crippen LogP) is 3.30. The maximum atomic E-state index is 13.9. The van der Waals surface area contributed by atoms with Crippen molar-refractivity contribution in [2.24, 2.45) is 0 Å². The molecule has 0 saturated carbocycles. The van der Waals surface area contributed by atoms with E-state index in [0.29, 0.717) is 10.7 Å². The van der Waals surface area contributed by atoms with Crippen LogP contribution in [0.5, 0.6) is 0 Å². The highest BCUT2D eigenvalue weighted by Gasteiger charge is 2.18. The smallest absolute Gasteiger partial charge is 0.114 e. The second-order valence-electron chi connectivity index (χ2n) is 5.57. The minimum Gasteiger partial charge on any atom is -0.363 e. The number of rotatable bonds is 3. The van der Waals surface area contributed by atoms with E-state index in [1.54, 1.807) is 12.4 Å². The van der Waals surface area contributed by atoms with Crippen LogP contribution in [0.2, 0.25) is 0 Å². The summed E-state index contributed by atoms with van der Waals surface area (Å²) in [5, 5.41) is 3.18. The molecular weight excluding hydrogens is 309 g/mol. The first-order valence-electron chi connectivity index (χ1n) is 7.79. The highest BCUT2D eigenvalue weighted by atomic mass is 32.1. The molecule has 3 nitrogen and oxygen atoms in total. The maximum Gasteiger partial charge on any atom is 0.114 e. The van der Waals surface area contributed by atoms with E-state index >= 15 is 0 Å². The Morgan fingerprint density at radius 3 is 2.70 bits per heavy atom. The first-order chi connectivity index (χ1) is 11.2. The number of nitrogens with zero attached hydrogens (tertiary/aromatic N) is 2. The quantitative estimate of drug-likeness (QED) is 0.681. The van der Waals surface area contributed by atoms with Gasteiger partial charge >= 0.3 is 0 Å². The van der Waals surface area contributed by atoms with Crippen LogP contribution in [0.15, 0.2) is 47.8 Å². The summed E-state index contributed by atoms with van der Waals surface area (Å²) in [5.41, 5.74) is 2.34. The Labute approximate surface area is 141 Å². The van der Waals surface area contributed by atoms with Crippen molar-refractivity contribution >= 4 is 17.2 Å². The zero-order valence-electron chi connectivity index (χ0n) is 12.8. The van der Waals surface area contributed by atoms with Gasteiger partial charge in [-0.05, 0) is 43.4 Å². The number of thiocarbonyl (C=S) groups is 1. The van der Waals surface area contributed by atoms with Crippen LogP contribution in [0.1, 0.15) is 31.2 Å². The lowest BCUT2D eigenvalue weighted by Crippen LogP contribution is -2.32. The fourth-order valence-electron chi connectivity index (χ4n) is 2.72. The van der Waals surface area contributed by atoms with Gasteiger partial charge in [0.25, 0.3) is 0 Å². The van der Waals surface area contributed by atoms with Crippen molar-refractivity contribution in [1.82, 2.24) is 15.2 Å². The van der Waals surface area contributed by atoms with Crippen molar-refractivity contribution in [2.45, 2.75) is 25.7 Å². The average Bonchev–Trinajstić information content (AvgIpc) is 2.77. The van der Waals surface area contributed by atoms with Crippen LogP contribution in [0.4, 0.5) is 4.39 Å². The van der Waals surface area contributed by atoms with Crippen molar-refractivity contribution in [2.75, 3.05) is 13.1 Å². The summed E-state index contributed by atoms with van der Waals surface area (Å²) in [6, 6.07) is 3.66. The molecular formula is C18H18FN3S. The Bertz CT molecular complexity index is 707. The van der Waals surface area contributed by atoms with E-state index in [9.17, 15) is 4.39 Å². The molecule has 0 spiro atoms. The van der Waals surface area contributed by atoms with Crippen molar-refractivity contribution < 1.29 is 4.39 Å². The third-order valence-corrected chi connectivity index (χ3v) is 4.22. The second-order valence-corrected chi connectivity index (χ2v) is 5.98. The van der Waals surface area contributed by atoms with E-state index in [4.69, 9.17) is 12.2 Å². The number of piperidine rings is 1. The second kappa shape index (κ2) is 7.38. The molecule has 23 heavy (non-hydrogen) atoms. The summed E-state index contributed by atoms with van der Waals surface area (Å²) in [6.07, 6.45) is 8.53. The van der Waals surface area contributed by atoms with E-state index in [-0.39, 0.29) is 12.2 Å². The Morgan fingerprint density at radius 2 is 1.96 bits per heavy atom. The molecule has 1 saturated heterocycles. The molecule has 1 N–H and O–H groups in total. The van der Waals surface area contributed by atoms with Gasteiger partial charge in [-0.25, -0.2) is 4.39 Å². The molecule has 0 amide bonds. The summed E-state index contributed by atoms with van der Waals surface area (Å²) >= 11 is 5.45. The summed E-state index contributed by atoms with van der Waals surface area (Å²) in [6.45, 7) is 1.90. The number of pyridine rings is 1. The minimum atomic E-state index is -0.246. The van der Waals surface area contributed by atoms with Crippen LogP contribution in [0, 0.1) is 11.8 Å². The highest BCUT2D eigenvalue weighted by Crippen LogP contribution is 2.21. The third-order valence-electron chi connectivity index (χ3n) is 3.88. The summed E-state index contributed by atoms with van der Waals surface area (Å²) in [5.74, 6) is 5.77. The van der Waals surface area contributed by atoms with Crippen LogP contribution in [-0.4, -0.2) is 28.0 Å². The number of likely N-dealkylation sites (tertiary alicyclic amines) is 1. The topological polar surface area (TPSA) is 28.2 Å². The standard InChI is InChI=1S/C18H18FN3S/c19-15-5-4-6-17(22-11-2-1-3-12-22)16(13-15)21-18(23)14-7-9-20-10-8-14/h7-10,13H,1-3,5,11-12H2,(H,21,23). The first-order valence-corrected chi connectivity index (χ1v) is 8.20. The fraction of sp³-hybridized carbons (Fsp3) is 0.333. The van der Waals surface area contributed by atoms with Crippen molar-refractivity contribution in [3.8, 4) is 11.8 Å². The normalized spacial score (nSPS) is 17.8. The van der Waals surface area contributed by atoms with Gasteiger partial charge in [0.15, 0.2) is 0 Å². The van der Waals surface area contributed by atoms with Gasteiger partial charge in [-0.2, -0.15) is 0 Å². The molecule has 1 fully saturated rings. The summed E-state index contributed by atoms with van der Waals surface area (Å²) in [7, 11) is 0. The molecule has 1 aromatic heterocycles. The van der Waals surface area contributed by atoms with Crippen LogP contribution in [0.3, 0.4) is 0 Å². The van der Waals surface area contributed by atoms with Gasteiger partial charge in [0.2, 0.25) is 0 Å². The molecule has 3 rings (SSSR count). The largest absolute Gasteiger partial charge is 0.363 e. The summed E-state index contributed by atoms with van der Waals surface area (Å²) in [4.78, 5) is 6.76. The Hall–Kier alpha value is -2.19. The Balaban J connectivity index is 1.90. The zero-order chi connectivity index (χ0) is 16.1. The molecule has 1 aromatic rings. The molecule has 118 valence electrons. The van der Waals surface area contributed by atoms with E-state index in [1.165, 1.54) is 12.5 Å². The van der Waals surface area contributed by atoms with E-state index < -0.39 is 0 Å². The fourth-order valence-corrected chi connectivity index (χ4v) is 2.96. The van der Waals surface area contributed by atoms with Gasteiger partial charge in [-0.1, -0.05) is 18.1 Å². The zero-order valence-corrected chi connectivity index (χ0v) is 13.6. The van der Waals surface area contributed by atoms with Gasteiger partial charge in [-0.15, -0.1) is 0 Å². The molecule has 0 aromatic carbocycles. The van der Waals surface area contributed by atoms with Crippen LogP contribution in [-0.2, 0) is 0 Å². The number of hydrogen-bond acceptors (Lipinski definition) is 3. The Morgan fingerprint density at radius 1 is 1.22 bits per heavy atom. The first kappa shape index (κ1) is 15.7. The summed E-state index contributed by atoms with van der Waals surface area (Å²) < 4.78 is 13.9. The molecule has 0 unspecified atom stereocenters. The molecule has 1 aliphatic carbocycles. The van der Waals surface area contributed by atoms with Crippen molar-refractivity contribution in [3.05, 3.63) is 53.4 Å². The molecule has 2 aliphatic rings. The highest BCUT2D eigenvalue weighted by molar-refractivity contribution is 7.80. The number of nitrogens with one attached hydrogen (secondary N) is 1. The Kier molecular flexibility index (Phi) is 5.04. The lowest BCUT2D eigenvalue weighted by atomic mass is 10.1.